The molecule has 3 atom stereocenters. The number of carboxylic acids is 1. The van der Waals surface area contributed by atoms with Gasteiger partial charge in [0.25, 0.3) is 0 Å². The number of carboxylic acid groups (broad SMARTS) is 1. The Kier molecular flexibility index (Phi) is 3.31. The summed E-state index contributed by atoms with van der Waals surface area (Å²) in [5.41, 5.74) is 2.67. The molecule has 2 aliphatic rings. The van der Waals surface area contributed by atoms with Gasteiger partial charge in [0.15, 0.2) is 0 Å². The number of benzene rings is 1. The summed E-state index contributed by atoms with van der Waals surface area (Å²) in [7, 11) is 0. The number of hydrogen-bond acceptors (Lipinski definition) is 3. The van der Waals surface area contributed by atoms with Crippen LogP contribution in [-0.2, 0) is 9.67 Å². The van der Waals surface area contributed by atoms with E-state index in [4.69, 9.17) is 0 Å². The van der Waals surface area contributed by atoms with Gasteiger partial charge in [-0.15, -0.1) is 11.8 Å². The molecule has 0 amide bonds. The predicted molar refractivity (Wildman–Crippen MR) is 77.4 cm³/mol. The Hall–Kier alpha value is -1.00. The van der Waals surface area contributed by atoms with Gasteiger partial charge in [0.2, 0.25) is 0 Å². The van der Waals surface area contributed by atoms with Crippen LogP contribution in [0.25, 0.3) is 0 Å². The molecule has 3 unspecified atom stereocenters. The van der Waals surface area contributed by atoms with Crippen molar-refractivity contribution in [2.75, 3.05) is 5.75 Å². The Morgan fingerprint density at radius 2 is 2.21 bits per heavy atom. The van der Waals surface area contributed by atoms with Crippen molar-refractivity contribution < 1.29 is 9.90 Å². The summed E-state index contributed by atoms with van der Waals surface area (Å²) in [4.78, 5) is 11.1. The Labute approximate surface area is 117 Å². The van der Waals surface area contributed by atoms with Gasteiger partial charge in [-0.1, -0.05) is 31.2 Å². The molecule has 3 nitrogen and oxygen atoms in total. The Balaban J connectivity index is 2.00. The zero-order valence-electron chi connectivity index (χ0n) is 11.1. The van der Waals surface area contributed by atoms with Gasteiger partial charge in [-0.2, -0.15) is 0 Å². The SMILES string of the molecule is CC1CCC2(NC(C(=O)O)CCS2)c2ccccc21. The molecule has 19 heavy (non-hydrogen) atoms. The minimum Gasteiger partial charge on any atom is -0.480 e. The molecule has 1 fully saturated rings. The smallest absolute Gasteiger partial charge is 0.320 e. The summed E-state index contributed by atoms with van der Waals surface area (Å²) in [5, 5.41) is 12.7. The average Bonchev–Trinajstić information content (AvgIpc) is 2.44. The van der Waals surface area contributed by atoms with Crippen molar-refractivity contribution in [1.82, 2.24) is 5.32 Å². The summed E-state index contributed by atoms with van der Waals surface area (Å²) in [6.45, 7) is 2.26. The fourth-order valence-corrected chi connectivity index (χ4v) is 4.77. The van der Waals surface area contributed by atoms with Gasteiger partial charge in [-0.05, 0) is 42.1 Å². The first kappa shape index (κ1) is 13.0. The lowest BCUT2D eigenvalue weighted by atomic mass is 9.80. The van der Waals surface area contributed by atoms with Gasteiger partial charge >= 0.3 is 5.97 Å². The van der Waals surface area contributed by atoms with E-state index in [2.05, 4.69) is 36.5 Å². The number of thioether (sulfide) groups is 1. The van der Waals surface area contributed by atoms with Crippen molar-refractivity contribution in [3.8, 4) is 0 Å². The van der Waals surface area contributed by atoms with E-state index < -0.39 is 12.0 Å². The number of fused-ring (bicyclic) bond motifs is 2. The van der Waals surface area contributed by atoms with Crippen LogP contribution in [0.15, 0.2) is 24.3 Å². The highest BCUT2D eigenvalue weighted by molar-refractivity contribution is 8.00. The number of hydrogen-bond donors (Lipinski definition) is 2. The lowest BCUT2D eigenvalue weighted by Gasteiger charge is -2.45. The van der Waals surface area contributed by atoms with E-state index in [-0.39, 0.29) is 4.87 Å². The molecule has 4 heteroatoms. The summed E-state index contributed by atoms with van der Waals surface area (Å²) in [6.07, 6.45) is 2.84. The van der Waals surface area contributed by atoms with Gasteiger partial charge in [0.05, 0.1) is 4.87 Å². The second-order valence-corrected chi connectivity index (χ2v) is 6.92. The molecule has 1 aliphatic heterocycles. The third-order valence-corrected chi connectivity index (χ3v) is 5.79. The molecule has 1 spiro atoms. The zero-order valence-corrected chi connectivity index (χ0v) is 11.9. The van der Waals surface area contributed by atoms with E-state index in [1.54, 1.807) is 0 Å². The Morgan fingerprint density at radius 3 is 3.00 bits per heavy atom. The summed E-state index contributed by atoms with van der Waals surface area (Å²) in [5.74, 6) is 0.748. The van der Waals surface area contributed by atoms with Crippen molar-refractivity contribution in [3.05, 3.63) is 35.4 Å². The molecule has 2 N–H and O–H groups in total. The minimum absolute atomic E-state index is 0.190. The van der Waals surface area contributed by atoms with Gasteiger partial charge in [-0.25, -0.2) is 0 Å². The van der Waals surface area contributed by atoms with Gasteiger partial charge in [-0.3, -0.25) is 10.1 Å². The molecular formula is C15H19NO2S. The second-order valence-electron chi connectivity index (χ2n) is 5.53. The molecule has 0 bridgehead atoms. The first-order chi connectivity index (χ1) is 9.12. The highest BCUT2D eigenvalue weighted by atomic mass is 32.2. The Bertz CT molecular complexity index is 505. The van der Waals surface area contributed by atoms with Crippen LogP contribution >= 0.6 is 11.8 Å². The lowest BCUT2D eigenvalue weighted by molar-refractivity contribution is -0.140. The first-order valence-corrected chi connectivity index (χ1v) is 7.85. The molecule has 0 saturated carbocycles. The molecular weight excluding hydrogens is 258 g/mol. The quantitative estimate of drug-likeness (QED) is 0.828. The molecule has 0 aromatic heterocycles. The van der Waals surface area contributed by atoms with E-state index in [1.807, 2.05) is 11.8 Å². The van der Waals surface area contributed by atoms with Gasteiger partial charge in [0.1, 0.15) is 6.04 Å². The minimum atomic E-state index is -0.726. The number of aliphatic carboxylic acids is 1. The third-order valence-electron chi connectivity index (χ3n) is 4.32. The molecule has 1 aliphatic carbocycles. The number of rotatable bonds is 1. The van der Waals surface area contributed by atoms with Crippen molar-refractivity contribution in [1.29, 1.82) is 0 Å². The highest BCUT2D eigenvalue weighted by Gasteiger charge is 2.44. The fourth-order valence-electron chi connectivity index (χ4n) is 3.24. The molecule has 3 rings (SSSR count). The predicted octanol–water partition coefficient (Wildman–Crippen LogP) is 2.92. The van der Waals surface area contributed by atoms with Crippen LogP contribution in [0.2, 0.25) is 0 Å². The normalized spacial score (nSPS) is 33.9. The fraction of sp³-hybridized carbons (Fsp3) is 0.533. The van der Waals surface area contributed by atoms with Gasteiger partial charge in [0, 0.05) is 0 Å². The molecule has 102 valence electrons. The van der Waals surface area contributed by atoms with E-state index in [0.717, 1.165) is 18.6 Å². The van der Waals surface area contributed by atoms with E-state index >= 15 is 0 Å². The van der Waals surface area contributed by atoms with Crippen molar-refractivity contribution >= 4 is 17.7 Å². The summed E-state index contributed by atoms with van der Waals surface area (Å²) >= 11 is 1.88. The van der Waals surface area contributed by atoms with Crippen molar-refractivity contribution in [3.63, 3.8) is 0 Å². The van der Waals surface area contributed by atoms with Crippen LogP contribution in [0.1, 0.15) is 43.2 Å². The van der Waals surface area contributed by atoms with Crippen LogP contribution in [-0.4, -0.2) is 22.9 Å². The molecule has 1 aromatic rings. The van der Waals surface area contributed by atoms with E-state index in [0.29, 0.717) is 12.3 Å². The summed E-state index contributed by atoms with van der Waals surface area (Å²) in [6, 6.07) is 8.08. The van der Waals surface area contributed by atoms with Crippen LogP contribution in [0.5, 0.6) is 0 Å². The molecule has 1 heterocycles. The van der Waals surface area contributed by atoms with Crippen LogP contribution < -0.4 is 5.32 Å². The van der Waals surface area contributed by atoms with Gasteiger partial charge < -0.3 is 5.11 Å². The zero-order chi connectivity index (χ0) is 13.5. The van der Waals surface area contributed by atoms with Crippen LogP contribution in [0.4, 0.5) is 0 Å². The monoisotopic (exact) mass is 277 g/mol. The maximum absolute atomic E-state index is 11.3. The molecule has 1 aromatic carbocycles. The molecule has 0 radical (unpaired) electrons. The van der Waals surface area contributed by atoms with E-state index in [9.17, 15) is 9.90 Å². The van der Waals surface area contributed by atoms with Crippen LogP contribution in [0, 0.1) is 0 Å². The second kappa shape index (κ2) is 4.84. The standard InChI is InChI=1S/C15H19NO2S/c1-10-6-8-15(12-5-3-2-4-11(10)12)16-13(14(17)18)7-9-19-15/h2-5,10,13,16H,6-9H2,1H3,(H,17,18). The van der Waals surface area contributed by atoms with Crippen LogP contribution in [0.3, 0.4) is 0 Å². The number of carbonyl (C=O) groups is 1. The van der Waals surface area contributed by atoms with E-state index in [1.165, 1.54) is 11.1 Å². The largest absolute Gasteiger partial charge is 0.480 e. The summed E-state index contributed by atoms with van der Waals surface area (Å²) < 4.78 is 0. The first-order valence-electron chi connectivity index (χ1n) is 6.86. The average molecular weight is 277 g/mol. The maximum Gasteiger partial charge on any atom is 0.320 e. The lowest BCUT2D eigenvalue weighted by Crippen LogP contribution is -2.54. The highest BCUT2D eigenvalue weighted by Crippen LogP contribution is 2.49. The van der Waals surface area contributed by atoms with Crippen molar-refractivity contribution in [2.45, 2.75) is 43.0 Å². The number of nitrogens with one attached hydrogen (secondary N) is 1. The topological polar surface area (TPSA) is 49.3 Å². The Morgan fingerprint density at radius 1 is 1.42 bits per heavy atom. The third kappa shape index (κ3) is 2.17. The maximum atomic E-state index is 11.3. The van der Waals surface area contributed by atoms with Crippen molar-refractivity contribution in [2.24, 2.45) is 0 Å². The molecule has 1 saturated heterocycles.